The van der Waals surface area contributed by atoms with Crippen molar-refractivity contribution in [1.82, 2.24) is 0 Å². The number of rotatable bonds is 3. The minimum absolute atomic E-state index is 0.361. The molecule has 12 heavy (non-hydrogen) atoms. The van der Waals surface area contributed by atoms with Crippen LogP contribution in [0.15, 0.2) is 11.6 Å². The highest BCUT2D eigenvalue weighted by Gasteiger charge is 2.16. The minimum Gasteiger partial charge on any atom is -0.0851 e. The van der Waals surface area contributed by atoms with E-state index in [0.29, 0.717) is 5.41 Å². The van der Waals surface area contributed by atoms with Gasteiger partial charge in [0, 0.05) is 0 Å². The van der Waals surface area contributed by atoms with Crippen LogP contribution < -0.4 is 0 Å². The molecular formula is C12H24. The summed E-state index contributed by atoms with van der Waals surface area (Å²) < 4.78 is 0. The molecule has 0 spiro atoms. The molecule has 0 rings (SSSR count). The molecule has 0 heterocycles. The second-order valence-electron chi connectivity index (χ2n) is 4.99. The second kappa shape index (κ2) is 4.69. The van der Waals surface area contributed by atoms with Gasteiger partial charge in [-0.05, 0) is 24.2 Å². The predicted octanol–water partition coefficient (Wildman–Crippen LogP) is 4.42. The molecular weight excluding hydrogens is 144 g/mol. The fraction of sp³-hybridized carbons (Fsp3) is 0.833. The van der Waals surface area contributed by atoms with Gasteiger partial charge in [-0.25, -0.2) is 0 Å². The van der Waals surface area contributed by atoms with Crippen LogP contribution in [0.1, 0.15) is 54.4 Å². The van der Waals surface area contributed by atoms with Crippen LogP contribution in [-0.4, -0.2) is 0 Å². The first-order valence-corrected chi connectivity index (χ1v) is 5.07. The zero-order chi connectivity index (χ0) is 9.78. The van der Waals surface area contributed by atoms with E-state index in [-0.39, 0.29) is 0 Å². The lowest BCUT2D eigenvalue weighted by atomic mass is 9.81. The zero-order valence-corrected chi connectivity index (χ0v) is 9.57. The van der Waals surface area contributed by atoms with Crippen molar-refractivity contribution in [3.05, 3.63) is 11.6 Å². The maximum absolute atomic E-state index is 2.39. The van der Waals surface area contributed by atoms with Gasteiger partial charge in [-0.1, -0.05) is 53.2 Å². The van der Waals surface area contributed by atoms with E-state index >= 15 is 0 Å². The van der Waals surface area contributed by atoms with Crippen molar-refractivity contribution >= 4 is 0 Å². The van der Waals surface area contributed by atoms with Crippen molar-refractivity contribution in [3.8, 4) is 0 Å². The van der Waals surface area contributed by atoms with Crippen LogP contribution in [0, 0.1) is 11.3 Å². The maximum atomic E-state index is 2.39. The predicted molar refractivity (Wildman–Crippen MR) is 57.3 cm³/mol. The van der Waals surface area contributed by atoms with Crippen LogP contribution in [0.25, 0.3) is 0 Å². The van der Waals surface area contributed by atoms with Gasteiger partial charge in [0.1, 0.15) is 0 Å². The third kappa shape index (κ3) is 4.58. The van der Waals surface area contributed by atoms with E-state index < -0.39 is 0 Å². The summed E-state index contributed by atoms with van der Waals surface area (Å²) in [4.78, 5) is 0. The van der Waals surface area contributed by atoms with Gasteiger partial charge in [0.05, 0.1) is 0 Å². The molecule has 0 aliphatic rings. The first-order chi connectivity index (χ1) is 5.38. The minimum atomic E-state index is 0.361. The van der Waals surface area contributed by atoms with Gasteiger partial charge in [-0.2, -0.15) is 0 Å². The highest BCUT2D eigenvalue weighted by Crippen LogP contribution is 2.30. The average molecular weight is 168 g/mol. The molecule has 0 N–H and O–H groups in total. The summed E-state index contributed by atoms with van der Waals surface area (Å²) in [6, 6.07) is 0. The summed E-state index contributed by atoms with van der Waals surface area (Å²) in [5, 5.41) is 0. The van der Waals surface area contributed by atoms with Gasteiger partial charge in [-0.3, -0.25) is 0 Å². The molecule has 0 aliphatic carbocycles. The van der Waals surface area contributed by atoms with Crippen molar-refractivity contribution in [2.45, 2.75) is 54.4 Å². The molecule has 0 radical (unpaired) electrons. The van der Waals surface area contributed by atoms with Gasteiger partial charge in [-0.15, -0.1) is 0 Å². The largest absolute Gasteiger partial charge is 0.0851 e. The number of allylic oxidation sites excluding steroid dienone is 2. The third-order valence-corrected chi connectivity index (χ3v) is 2.04. The van der Waals surface area contributed by atoms with E-state index in [1.807, 2.05) is 0 Å². The number of hydrogen-bond acceptors (Lipinski definition) is 0. The zero-order valence-electron chi connectivity index (χ0n) is 9.57. The van der Waals surface area contributed by atoms with Gasteiger partial charge < -0.3 is 0 Å². The Morgan fingerprint density at radius 3 is 2.00 bits per heavy atom. The lowest BCUT2D eigenvalue weighted by Gasteiger charge is -2.24. The highest BCUT2D eigenvalue weighted by molar-refractivity contribution is 5.10. The first-order valence-electron chi connectivity index (χ1n) is 5.07. The lowest BCUT2D eigenvalue weighted by molar-refractivity contribution is 0.451. The topological polar surface area (TPSA) is 0 Å². The number of hydrogen-bond donors (Lipinski definition) is 0. The molecule has 0 unspecified atom stereocenters. The van der Waals surface area contributed by atoms with Crippen molar-refractivity contribution in [1.29, 1.82) is 0 Å². The van der Waals surface area contributed by atoms with E-state index in [4.69, 9.17) is 0 Å². The summed E-state index contributed by atoms with van der Waals surface area (Å²) in [5.74, 6) is 0.780. The molecule has 0 saturated heterocycles. The fourth-order valence-electron chi connectivity index (χ4n) is 1.38. The first kappa shape index (κ1) is 11.7. The Kier molecular flexibility index (Phi) is 4.59. The van der Waals surface area contributed by atoms with Crippen LogP contribution in [0.5, 0.6) is 0 Å². The summed E-state index contributed by atoms with van der Waals surface area (Å²) in [6.45, 7) is 13.7. The van der Waals surface area contributed by atoms with Crippen LogP contribution in [0.2, 0.25) is 0 Å². The molecule has 0 amide bonds. The summed E-state index contributed by atoms with van der Waals surface area (Å²) in [5.41, 5.74) is 1.97. The van der Waals surface area contributed by atoms with Crippen LogP contribution in [0.3, 0.4) is 0 Å². The lowest BCUT2D eigenvalue weighted by Crippen LogP contribution is -2.11. The van der Waals surface area contributed by atoms with Gasteiger partial charge in [0.25, 0.3) is 0 Å². The third-order valence-electron chi connectivity index (χ3n) is 2.04. The smallest absolute Gasteiger partial charge is 0.0173 e. The highest BCUT2D eigenvalue weighted by atomic mass is 14.2. The molecule has 0 nitrogen and oxygen atoms in total. The molecule has 0 fully saturated rings. The van der Waals surface area contributed by atoms with Crippen LogP contribution >= 0.6 is 0 Å². The quantitative estimate of drug-likeness (QED) is 0.547. The molecule has 0 aromatic carbocycles. The Balaban J connectivity index is 4.35. The Labute approximate surface area is 78.1 Å². The van der Waals surface area contributed by atoms with Gasteiger partial charge in [0.2, 0.25) is 0 Å². The van der Waals surface area contributed by atoms with Crippen LogP contribution in [-0.2, 0) is 0 Å². The van der Waals surface area contributed by atoms with Crippen molar-refractivity contribution in [2.24, 2.45) is 11.3 Å². The van der Waals surface area contributed by atoms with E-state index in [2.05, 4.69) is 47.6 Å². The Morgan fingerprint density at radius 1 is 1.25 bits per heavy atom. The van der Waals surface area contributed by atoms with E-state index in [1.54, 1.807) is 5.57 Å². The molecule has 0 aliphatic heterocycles. The van der Waals surface area contributed by atoms with Gasteiger partial charge in [0.15, 0.2) is 0 Å². The van der Waals surface area contributed by atoms with E-state index in [0.717, 1.165) is 5.92 Å². The molecule has 0 bridgehead atoms. The average Bonchev–Trinajstić information content (AvgIpc) is 1.83. The Morgan fingerprint density at radius 2 is 1.75 bits per heavy atom. The molecule has 0 aromatic rings. The SMILES string of the molecule is CC/C=C(\CC(C)C)C(C)(C)C. The molecule has 0 heteroatoms. The molecule has 0 saturated carbocycles. The second-order valence-corrected chi connectivity index (χ2v) is 4.99. The van der Waals surface area contributed by atoms with E-state index in [1.165, 1.54) is 12.8 Å². The standard InChI is InChI=1S/C12H24/c1-7-8-11(9-10(2)3)12(4,5)6/h8,10H,7,9H2,1-6H3/b11-8+. The van der Waals surface area contributed by atoms with Crippen molar-refractivity contribution in [3.63, 3.8) is 0 Å². The molecule has 0 atom stereocenters. The maximum Gasteiger partial charge on any atom is -0.0173 e. The fourth-order valence-corrected chi connectivity index (χ4v) is 1.38. The summed E-state index contributed by atoms with van der Waals surface area (Å²) in [6.07, 6.45) is 4.80. The Hall–Kier alpha value is -0.260. The summed E-state index contributed by atoms with van der Waals surface area (Å²) in [7, 11) is 0. The molecule has 72 valence electrons. The van der Waals surface area contributed by atoms with Crippen LogP contribution in [0.4, 0.5) is 0 Å². The summed E-state index contributed by atoms with van der Waals surface area (Å²) >= 11 is 0. The van der Waals surface area contributed by atoms with E-state index in [9.17, 15) is 0 Å². The van der Waals surface area contributed by atoms with Crippen molar-refractivity contribution in [2.75, 3.05) is 0 Å². The molecule has 0 aromatic heterocycles. The normalized spacial score (nSPS) is 14.1. The Bertz CT molecular complexity index is 144. The monoisotopic (exact) mass is 168 g/mol. The van der Waals surface area contributed by atoms with Gasteiger partial charge >= 0.3 is 0 Å². The van der Waals surface area contributed by atoms with Crippen molar-refractivity contribution < 1.29 is 0 Å².